The standard InChI is InChI=1S/C14H18/c1-10-12-7-8-13(9-12)14(10)11-5-3-2-4-6-11/h2-6,10,12-14H,7-9H2,1H3. The van der Waals surface area contributed by atoms with Crippen LogP contribution in [0.5, 0.6) is 0 Å². The van der Waals surface area contributed by atoms with E-state index in [0.717, 1.165) is 23.7 Å². The molecule has 2 aliphatic carbocycles. The maximum atomic E-state index is 2.46. The molecule has 0 heterocycles. The SMILES string of the molecule is CC1C2CCC(C2)C1c1ccccc1. The fraction of sp³-hybridized carbons (Fsp3) is 0.571. The van der Waals surface area contributed by atoms with Crippen molar-refractivity contribution in [2.75, 3.05) is 0 Å². The van der Waals surface area contributed by atoms with Crippen LogP contribution in [0.1, 0.15) is 37.7 Å². The van der Waals surface area contributed by atoms with E-state index in [1.807, 2.05) is 0 Å². The van der Waals surface area contributed by atoms with Crippen molar-refractivity contribution in [2.24, 2.45) is 17.8 Å². The molecule has 0 aromatic heterocycles. The molecule has 74 valence electrons. The minimum atomic E-state index is 0.870. The Morgan fingerprint density at radius 2 is 1.71 bits per heavy atom. The molecule has 0 amide bonds. The van der Waals surface area contributed by atoms with Gasteiger partial charge in [-0.3, -0.25) is 0 Å². The minimum Gasteiger partial charge on any atom is -0.0622 e. The summed E-state index contributed by atoms with van der Waals surface area (Å²) in [5.74, 6) is 3.83. The molecule has 3 rings (SSSR count). The zero-order valence-electron chi connectivity index (χ0n) is 8.82. The summed E-state index contributed by atoms with van der Waals surface area (Å²) >= 11 is 0. The van der Waals surface area contributed by atoms with Gasteiger partial charge in [0.25, 0.3) is 0 Å². The van der Waals surface area contributed by atoms with E-state index in [1.54, 1.807) is 5.56 Å². The Labute approximate surface area is 86.3 Å². The monoisotopic (exact) mass is 186 g/mol. The van der Waals surface area contributed by atoms with Crippen LogP contribution in [0, 0.1) is 17.8 Å². The first kappa shape index (κ1) is 8.52. The topological polar surface area (TPSA) is 0 Å². The van der Waals surface area contributed by atoms with Crippen LogP contribution in [0.4, 0.5) is 0 Å². The van der Waals surface area contributed by atoms with Gasteiger partial charge in [0, 0.05) is 0 Å². The van der Waals surface area contributed by atoms with Gasteiger partial charge in [-0.1, -0.05) is 37.3 Å². The summed E-state index contributed by atoms with van der Waals surface area (Å²) < 4.78 is 0. The lowest BCUT2D eigenvalue weighted by Gasteiger charge is -2.28. The molecule has 2 saturated carbocycles. The van der Waals surface area contributed by atoms with Crippen LogP contribution in [-0.2, 0) is 0 Å². The smallest absolute Gasteiger partial charge is 0.0105 e. The summed E-state index contributed by atoms with van der Waals surface area (Å²) in [7, 11) is 0. The van der Waals surface area contributed by atoms with Gasteiger partial charge >= 0.3 is 0 Å². The van der Waals surface area contributed by atoms with Crippen LogP contribution in [0.3, 0.4) is 0 Å². The molecule has 0 nitrogen and oxygen atoms in total. The first-order valence-electron chi connectivity index (χ1n) is 5.91. The van der Waals surface area contributed by atoms with E-state index < -0.39 is 0 Å². The highest BCUT2D eigenvalue weighted by Gasteiger charge is 2.45. The number of hydrogen-bond donors (Lipinski definition) is 0. The third kappa shape index (κ3) is 1.13. The van der Waals surface area contributed by atoms with Crippen LogP contribution in [0.2, 0.25) is 0 Å². The quantitative estimate of drug-likeness (QED) is 0.625. The molecule has 0 spiro atoms. The lowest BCUT2D eigenvalue weighted by Crippen LogP contribution is -2.17. The maximum absolute atomic E-state index is 2.46. The molecule has 0 saturated heterocycles. The zero-order chi connectivity index (χ0) is 9.54. The number of benzene rings is 1. The molecule has 4 atom stereocenters. The van der Waals surface area contributed by atoms with Crippen molar-refractivity contribution in [2.45, 2.75) is 32.1 Å². The van der Waals surface area contributed by atoms with E-state index >= 15 is 0 Å². The van der Waals surface area contributed by atoms with Gasteiger partial charge in [-0.15, -0.1) is 0 Å². The molecule has 0 heteroatoms. The van der Waals surface area contributed by atoms with E-state index in [0.29, 0.717) is 0 Å². The van der Waals surface area contributed by atoms with Crippen LogP contribution >= 0.6 is 0 Å². The van der Waals surface area contributed by atoms with Crippen LogP contribution < -0.4 is 0 Å². The average molecular weight is 186 g/mol. The maximum Gasteiger partial charge on any atom is -0.0105 e. The molecule has 0 N–H and O–H groups in total. The summed E-state index contributed by atoms with van der Waals surface area (Å²) in [6, 6.07) is 11.1. The van der Waals surface area contributed by atoms with E-state index in [1.165, 1.54) is 19.3 Å². The van der Waals surface area contributed by atoms with Crippen molar-refractivity contribution in [1.29, 1.82) is 0 Å². The Balaban J connectivity index is 1.93. The van der Waals surface area contributed by atoms with E-state index in [9.17, 15) is 0 Å². The largest absolute Gasteiger partial charge is 0.0622 e. The zero-order valence-corrected chi connectivity index (χ0v) is 8.82. The Kier molecular flexibility index (Phi) is 1.90. The molecule has 2 fully saturated rings. The van der Waals surface area contributed by atoms with Gasteiger partial charge in [0.1, 0.15) is 0 Å². The molecular weight excluding hydrogens is 168 g/mol. The first-order chi connectivity index (χ1) is 6.86. The molecule has 1 aromatic rings. The Morgan fingerprint density at radius 3 is 2.36 bits per heavy atom. The van der Waals surface area contributed by atoms with Gasteiger partial charge in [-0.25, -0.2) is 0 Å². The fourth-order valence-electron chi connectivity index (χ4n) is 3.83. The molecular formula is C14H18. The number of fused-ring (bicyclic) bond motifs is 2. The summed E-state index contributed by atoms with van der Waals surface area (Å²) in [5, 5.41) is 0. The van der Waals surface area contributed by atoms with Crippen LogP contribution in [0.15, 0.2) is 30.3 Å². The van der Waals surface area contributed by atoms with E-state index in [-0.39, 0.29) is 0 Å². The van der Waals surface area contributed by atoms with Crippen molar-refractivity contribution in [3.8, 4) is 0 Å². The molecule has 4 unspecified atom stereocenters. The van der Waals surface area contributed by atoms with Crippen molar-refractivity contribution in [3.05, 3.63) is 35.9 Å². The number of rotatable bonds is 1. The predicted octanol–water partition coefficient (Wildman–Crippen LogP) is 3.84. The molecule has 0 aliphatic heterocycles. The van der Waals surface area contributed by atoms with Gasteiger partial charge in [-0.2, -0.15) is 0 Å². The fourth-order valence-corrected chi connectivity index (χ4v) is 3.83. The average Bonchev–Trinajstić information content (AvgIpc) is 2.79. The highest BCUT2D eigenvalue weighted by molar-refractivity contribution is 5.24. The lowest BCUT2D eigenvalue weighted by atomic mass is 9.76. The van der Waals surface area contributed by atoms with Crippen molar-refractivity contribution < 1.29 is 0 Å². The Morgan fingerprint density at radius 1 is 1.00 bits per heavy atom. The number of hydrogen-bond acceptors (Lipinski definition) is 0. The Hall–Kier alpha value is -0.780. The van der Waals surface area contributed by atoms with Crippen molar-refractivity contribution in [1.82, 2.24) is 0 Å². The van der Waals surface area contributed by atoms with E-state index in [4.69, 9.17) is 0 Å². The lowest BCUT2D eigenvalue weighted by molar-refractivity contribution is 0.311. The molecule has 1 aromatic carbocycles. The van der Waals surface area contributed by atoms with Crippen molar-refractivity contribution >= 4 is 0 Å². The van der Waals surface area contributed by atoms with Crippen LogP contribution in [0.25, 0.3) is 0 Å². The highest BCUT2D eigenvalue weighted by atomic mass is 14.5. The molecule has 2 bridgehead atoms. The van der Waals surface area contributed by atoms with Crippen molar-refractivity contribution in [3.63, 3.8) is 0 Å². The van der Waals surface area contributed by atoms with Gasteiger partial charge in [0.05, 0.1) is 0 Å². The second kappa shape index (κ2) is 3.12. The van der Waals surface area contributed by atoms with Crippen LogP contribution in [-0.4, -0.2) is 0 Å². The second-order valence-corrected chi connectivity index (χ2v) is 5.13. The van der Waals surface area contributed by atoms with Gasteiger partial charge in [-0.05, 0) is 48.5 Å². The van der Waals surface area contributed by atoms with Gasteiger partial charge < -0.3 is 0 Å². The van der Waals surface area contributed by atoms with Gasteiger partial charge in [0.15, 0.2) is 0 Å². The molecule has 0 radical (unpaired) electrons. The van der Waals surface area contributed by atoms with E-state index in [2.05, 4.69) is 37.3 Å². The summed E-state index contributed by atoms with van der Waals surface area (Å²) in [4.78, 5) is 0. The summed E-state index contributed by atoms with van der Waals surface area (Å²) in [6.07, 6.45) is 4.48. The molecule has 2 aliphatic rings. The first-order valence-corrected chi connectivity index (χ1v) is 5.91. The predicted molar refractivity (Wildman–Crippen MR) is 59.2 cm³/mol. The summed E-state index contributed by atoms with van der Waals surface area (Å²) in [6.45, 7) is 2.46. The third-order valence-electron chi connectivity index (χ3n) is 4.52. The molecule has 14 heavy (non-hydrogen) atoms. The minimum absolute atomic E-state index is 0.870. The second-order valence-electron chi connectivity index (χ2n) is 5.13. The van der Waals surface area contributed by atoms with Gasteiger partial charge in [0.2, 0.25) is 0 Å². The third-order valence-corrected chi connectivity index (χ3v) is 4.52. The normalized spacial score (nSPS) is 40.4. The Bertz CT molecular complexity index is 312. The summed E-state index contributed by atoms with van der Waals surface area (Å²) in [5.41, 5.74) is 1.59. The highest BCUT2D eigenvalue weighted by Crippen LogP contribution is 2.56.